The van der Waals surface area contributed by atoms with Crippen molar-refractivity contribution in [3.05, 3.63) is 21.9 Å². The van der Waals surface area contributed by atoms with Gasteiger partial charge in [0.05, 0.1) is 4.83 Å². The quantitative estimate of drug-likeness (QED) is 0.693. The van der Waals surface area contributed by atoms with E-state index in [9.17, 15) is 0 Å². The van der Waals surface area contributed by atoms with E-state index in [1.165, 1.54) is 29.0 Å². The van der Waals surface area contributed by atoms with E-state index in [2.05, 4.69) is 35.0 Å². The van der Waals surface area contributed by atoms with Crippen molar-refractivity contribution in [1.82, 2.24) is 0 Å². The molecule has 76 valence electrons. The minimum absolute atomic E-state index is 0.633. The summed E-state index contributed by atoms with van der Waals surface area (Å²) in [4.78, 5) is 3.61. The number of aryl methyl sites for hydroxylation is 1. The highest BCUT2D eigenvalue weighted by atomic mass is 79.9. The molecule has 1 heterocycles. The normalized spacial score (nSPS) is 36.9. The first-order valence-corrected chi connectivity index (χ1v) is 7.17. The lowest BCUT2D eigenvalue weighted by Crippen LogP contribution is -2.03. The van der Waals surface area contributed by atoms with Crippen LogP contribution < -0.4 is 0 Å². The monoisotopic (exact) mass is 270 g/mol. The van der Waals surface area contributed by atoms with Crippen LogP contribution in [0.3, 0.4) is 0 Å². The zero-order chi connectivity index (χ0) is 9.71. The Hall–Kier alpha value is 0.180. The number of alkyl halides is 1. The van der Waals surface area contributed by atoms with Gasteiger partial charge in [0.15, 0.2) is 0 Å². The van der Waals surface area contributed by atoms with Crippen LogP contribution >= 0.6 is 27.3 Å². The van der Waals surface area contributed by atoms with Crippen LogP contribution in [0.2, 0.25) is 0 Å². The third kappa shape index (κ3) is 1.57. The SMILES string of the molecule is Cc1ccc(C(Br)C2CC3CC3C2)s1. The van der Waals surface area contributed by atoms with E-state index in [0.717, 1.165) is 17.8 Å². The largest absolute Gasteiger partial charge is 0.145 e. The first kappa shape index (κ1) is 9.41. The topological polar surface area (TPSA) is 0 Å². The Balaban J connectivity index is 1.72. The van der Waals surface area contributed by atoms with Crippen LogP contribution in [0.15, 0.2) is 12.1 Å². The molecule has 2 aliphatic rings. The lowest BCUT2D eigenvalue weighted by Gasteiger charge is -2.17. The highest BCUT2D eigenvalue weighted by Crippen LogP contribution is 2.59. The maximum Gasteiger partial charge on any atom is 0.0517 e. The van der Waals surface area contributed by atoms with Gasteiger partial charge in [-0.2, -0.15) is 0 Å². The number of thiophene rings is 1. The van der Waals surface area contributed by atoms with Crippen molar-refractivity contribution in [3.63, 3.8) is 0 Å². The van der Waals surface area contributed by atoms with E-state index < -0.39 is 0 Å². The fraction of sp³-hybridized carbons (Fsp3) is 0.667. The summed E-state index contributed by atoms with van der Waals surface area (Å²) in [5, 5.41) is 0. The molecule has 2 heteroatoms. The predicted molar refractivity (Wildman–Crippen MR) is 65.0 cm³/mol. The molecule has 0 spiro atoms. The minimum atomic E-state index is 0.633. The molecule has 0 amide bonds. The second kappa shape index (κ2) is 3.34. The van der Waals surface area contributed by atoms with E-state index in [1.807, 2.05) is 11.3 Å². The highest BCUT2D eigenvalue weighted by Gasteiger charge is 2.47. The van der Waals surface area contributed by atoms with Gasteiger partial charge in [-0.1, -0.05) is 15.9 Å². The van der Waals surface area contributed by atoms with Crippen molar-refractivity contribution in [3.8, 4) is 0 Å². The molecule has 1 aromatic heterocycles. The summed E-state index contributed by atoms with van der Waals surface area (Å²) in [6.07, 6.45) is 4.47. The summed E-state index contributed by atoms with van der Waals surface area (Å²) >= 11 is 5.84. The van der Waals surface area contributed by atoms with E-state index in [0.29, 0.717) is 4.83 Å². The molecule has 0 bridgehead atoms. The van der Waals surface area contributed by atoms with Gasteiger partial charge >= 0.3 is 0 Å². The lowest BCUT2D eigenvalue weighted by molar-refractivity contribution is 0.485. The molecule has 2 saturated carbocycles. The van der Waals surface area contributed by atoms with Gasteiger partial charge in [0.25, 0.3) is 0 Å². The summed E-state index contributed by atoms with van der Waals surface area (Å²) in [5.74, 6) is 3.11. The minimum Gasteiger partial charge on any atom is -0.145 e. The molecular formula is C12H15BrS. The average molecular weight is 271 g/mol. The molecule has 0 radical (unpaired) electrons. The van der Waals surface area contributed by atoms with Crippen LogP contribution in [0.1, 0.15) is 33.8 Å². The Morgan fingerprint density at radius 3 is 2.57 bits per heavy atom. The Bertz CT molecular complexity index is 334. The maximum absolute atomic E-state index is 3.88. The van der Waals surface area contributed by atoms with Gasteiger partial charge in [-0.05, 0) is 56.1 Å². The molecule has 2 aliphatic carbocycles. The fourth-order valence-corrected chi connectivity index (χ4v) is 4.65. The first-order valence-electron chi connectivity index (χ1n) is 5.44. The van der Waals surface area contributed by atoms with Crippen molar-refractivity contribution in [2.75, 3.05) is 0 Å². The molecule has 0 nitrogen and oxygen atoms in total. The van der Waals surface area contributed by atoms with Crippen molar-refractivity contribution in [2.45, 2.75) is 31.0 Å². The molecule has 0 saturated heterocycles. The third-order valence-corrected chi connectivity index (χ3v) is 6.35. The van der Waals surface area contributed by atoms with Crippen LogP contribution in [0.5, 0.6) is 0 Å². The second-order valence-corrected chi connectivity index (χ2v) is 7.14. The van der Waals surface area contributed by atoms with Crippen LogP contribution in [0, 0.1) is 24.7 Å². The van der Waals surface area contributed by atoms with Crippen molar-refractivity contribution in [1.29, 1.82) is 0 Å². The number of halogens is 1. The molecule has 3 unspecified atom stereocenters. The Morgan fingerprint density at radius 1 is 1.29 bits per heavy atom. The van der Waals surface area contributed by atoms with Gasteiger partial charge in [0, 0.05) is 9.75 Å². The highest BCUT2D eigenvalue weighted by molar-refractivity contribution is 9.09. The van der Waals surface area contributed by atoms with E-state index in [1.54, 1.807) is 0 Å². The summed E-state index contributed by atoms with van der Waals surface area (Å²) in [6.45, 7) is 2.19. The average Bonchev–Trinajstić information content (AvgIpc) is 2.64. The van der Waals surface area contributed by atoms with Crippen LogP contribution in [-0.4, -0.2) is 0 Å². The zero-order valence-corrected chi connectivity index (χ0v) is 10.8. The molecule has 3 atom stereocenters. The standard InChI is InChI=1S/C12H15BrS/c1-7-2-3-11(14-7)12(13)10-5-8-4-9(8)6-10/h2-3,8-10,12H,4-6H2,1H3. The Morgan fingerprint density at radius 2 is 2.00 bits per heavy atom. The van der Waals surface area contributed by atoms with Gasteiger partial charge < -0.3 is 0 Å². The van der Waals surface area contributed by atoms with Gasteiger partial charge in [-0.3, -0.25) is 0 Å². The molecule has 1 aromatic rings. The summed E-state index contributed by atoms with van der Waals surface area (Å²) in [5.41, 5.74) is 0. The number of rotatable bonds is 2. The molecule has 3 rings (SSSR count). The van der Waals surface area contributed by atoms with E-state index >= 15 is 0 Å². The van der Waals surface area contributed by atoms with Gasteiger partial charge in [0.2, 0.25) is 0 Å². The van der Waals surface area contributed by atoms with E-state index in [-0.39, 0.29) is 0 Å². The van der Waals surface area contributed by atoms with Crippen LogP contribution in [0.25, 0.3) is 0 Å². The Labute approximate surface area is 97.8 Å². The predicted octanol–water partition coefficient (Wildman–Crippen LogP) is 4.54. The lowest BCUT2D eigenvalue weighted by atomic mass is 9.99. The van der Waals surface area contributed by atoms with Gasteiger partial charge in [0.1, 0.15) is 0 Å². The fourth-order valence-electron chi connectivity index (χ4n) is 2.83. The van der Waals surface area contributed by atoms with Gasteiger partial charge in [-0.15, -0.1) is 11.3 Å². The van der Waals surface area contributed by atoms with Gasteiger partial charge in [-0.25, -0.2) is 0 Å². The first-order chi connectivity index (χ1) is 6.74. The molecule has 0 N–H and O–H groups in total. The molecule has 0 aromatic carbocycles. The second-order valence-electron chi connectivity index (χ2n) is 4.84. The summed E-state index contributed by atoms with van der Waals surface area (Å²) < 4.78 is 0. The summed E-state index contributed by atoms with van der Waals surface area (Å²) in [6, 6.07) is 4.54. The molecule has 0 aliphatic heterocycles. The zero-order valence-electron chi connectivity index (χ0n) is 8.37. The smallest absolute Gasteiger partial charge is 0.0517 e. The maximum atomic E-state index is 3.88. The Kier molecular flexibility index (Phi) is 2.25. The number of fused-ring (bicyclic) bond motifs is 1. The molecule has 2 fully saturated rings. The van der Waals surface area contributed by atoms with Crippen LogP contribution in [-0.2, 0) is 0 Å². The van der Waals surface area contributed by atoms with Crippen molar-refractivity contribution < 1.29 is 0 Å². The molecular weight excluding hydrogens is 256 g/mol. The third-order valence-electron chi connectivity index (χ3n) is 3.73. The van der Waals surface area contributed by atoms with Crippen molar-refractivity contribution >= 4 is 27.3 Å². The van der Waals surface area contributed by atoms with Crippen molar-refractivity contribution in [2.24, 2.45) is 17.8 Å². The van der Waals surface area contributed by atoms with Crippen LogP contribution in [0.4, 0.5) is 0 Å². The van der Waals surface area contributed by atoms with E-state index in [4.69, 9.17) is 0 Å². The molecule has 14 heavy (non-hydrogen) atoms. The summed E-state index contributed by atoms with van der Waals surface area (Å²) in [7, 11) is 0. The number of hydrogen-bond donors (Lipinski definition) is 0. The number of hydrogen-bond acceptors (Lipinski definition) is 1.